The molecule has 28 heavy (non-hydrogen) atoms. The molecule has 6 heteroatoms. The fraction of sp³-hybridized carbons (Fsp3) is 0.682. The van der Waals surface area contributed by atoms with E-state index in [2.05, 4.69) is 24.1 Å². The second-order valence-corrected chi connectivity index (χ2v) is 8.39. The van der Waals surface area contributed by atoms with Gasteiger partial charge in [0.1, 0.15) is 6.10 Å². The van der Waals surface area contributed by atoms with Gasteiger partial charge in [0.15, 0.2) is 0 Å². The predicted molar refractivity (Wildman–Crippen MR) is 108 cm³/mol. The zero-order valence-corrected chi connectivity index (χ0v) is 17.5. The molecule has 3 rings (SSSR count). The van der Waals surface area contributed by atoms with Gasteiger partial charge in [-0.15, -0.1) is 0 Å². The fourth-order valence-electron chi connectivity index (χ4n) is 4.00. The lowest BCUT2D eigenvalue weighted by atomic mass is 10.0. The first-order chi connectivity index (χ1) is 13.4. The molecule has 1 N–H and O–H groups in total. The minimum absolute atomic E-state index is 0.0385. The Kier molecular flexibility index (Phi) is 6.70. The summed E-state index contributed by atoms with van der Waals surface area (Å²) >= 11 is 0. The SMILES string of the molecule is Cc1nc(C(C)C)ccc1C(=O)NCC1CCN1C(=O)C(C)OC1CCCC1. The number of pyridine rings is 1. The molecule has 154 valence electrons. The molecule has 2 amide bonds. The molecular formula is C22H33N3O3. The van der Waals surface area contributed by atoms with Gasteiger partial charge in [-0.05, 0) is 51.2 Å². The summed E-state index contributed by atoms with van der Waals surface area (Å²) in [6.45, 7) is 9.08. The number of hydrogen-bond acceptors (Lipinski definition) is 4. The Balaban J connectivity index is 1.50. The highest BCUT2D eigenvalue weighted by Crippen LogP contribution is 2.24. The number of nitrogens with one attached hydrogen (secondary N) is 1. The first kappa shape index (κ1) is 20.8. The van der Waals surface area contributed by atoms with Crippen LogP contribution in [0.2, 0.25) is 0 Å². The van der Waals surface area contributed by atoms with Gasteiger partial charge in [-0.1, -0.05) is 26.7 Å². The van der Waals surface area contributed by atoms with Crippen LogP contribution in [0, 0.1) is 6.92 Å². The summed E-state index contributed by atoms with van der Waals surface area (Å²) in [6.07, 6.45) is 5.22. The maximum absolute atomic E-state index is 12.7. The number of rotatable bonds is 7. The molecule has 2 aliphatic rings. The van der Waals surface area contributed by atoms with Crippen LogP contribution in [0.1, 0.15) is 80.5 Å². The summed E-state index contributed by atoms with van der Waals surface area (Å²) < 4.78 is 5.93. The van der Waals surface area contributed by atoms with Gasteiger partial charge in [-0.2, -0.15) is 0 Å². The van der Waals surface area contributed by atoms with Crippen LogP contribution < -0.4 is 5.32 Å². The van der Waals surface area contributed by atoms with Gasteiger partial charge in [-0.25, -0.2) is 0 Å². The van der Waals surface area contributed by atoms with Crippen molar-refractivity contribution in [1.29, 1.82) is 0 Å². The molecule has 1 aromatic rings. The average molecular weight is 388 g/mol. The lowest BCUT2D eigenvalue weighted by molar-refractivity contribution is -0.153. The van der Waals surface area contributed by atoms with Crippen molar-refractivity contribution in [2.75, 3.05) is 13.1 Å². The molecule has 2 heterocycles. The van der Waals surface area contributed by atoms with Crippen LogP contribution in [0.25, 0.3) is 0 Å². The van der Waals surface area contributed by atoms with E-state index < -0.39 is 6.10 Å². The van der Waals surface area contributed by atoms with E-state index in [0.29, 0.717) is 18.0 Å². The second-order valence-electron chi connectivity index (χ2n) is 8.39. The molecule has 0 spiro atoms. The van der Waals surface area contributed by atoms with E-state index in [9.17, 15) is 9.59 Å². The quantitative estimate of drug-likeness (QED) is 0.780. The van der Waals surface area contributed by atoms with Crippen molar-refractivity contribution >= 4 is 11.8 Å². The first-order valence-electron chi connectivity index (χ1n) is 10.6. The van der Waals surface area contributed by atoms with E-state index in [1.54, 1.807) is 0 Å². The molecular weight excluding hydrogens is 354 g/mol. The number of amides is 2. The largest absolute Gasteiger partial charge is 0.365 e. The molecule has 2 atom stereocenters. The summed E-state index contributed by atoms with van der Waals surface area (Å²) in [5, 5.41) is 2.97. The van der Waals surface area contributed by atoms with E-state index in [1.165, 1.54) is 12.8 Å². The molecule has 0 radical (unpaired) electrons. The van der Waals surface area contributed by atoms with Crippen molar-refractivity contribution in [3.8, 4) is 0 Å². The van der Waals surface area contributed by atoms with Gasteiger partial charge in [0, 0.05) is 18.8 Å². The average Bonchev–Trinajstić information content (AvgIpc) is 3.13. The van der Waals surface area contributed by atoms with Crippen molar-refractivity contribution in [1.82, 2.24) is 15.2 Å². The van der Waals surface area contributed by atoms with Crippen molar-refractivity contribution in [3.63, 3.8) is 0 Å². The zero-order valence-electron chi connectivity index (χ0n) is 17.5. The lowest BCUT2D eigenvalue weighted by Gasteiger charge is -2.42. The zero-order chi connectivity index (χ0) is 20.3. The van der Waals surface area contributed by atoms with Crippen LogP contribution in [0.4, 0.5) is 0 Å². The number of nitrogens with zero attached hydrogens (tertiary/aromatic N) is 2. The highest BCUT2D eigenvalue weighted by Gasteiger charge is 2.36. The molecule has 1 aliphatic heterocycles. The second kappa shape index (κ2) is 9.03. The van der Waals surface area contributed by atoms with Crippen LogP contribution in [0.15, 0.2) is 12.1 Å². The van der Waals surface area contributed by atoms with Crippen LogP contribution >= 0.6 is 0 Å². The highest BCUT2D eigenvalue weighted by atomic mass is 16.5. The lowest BCUT2D eigenvalue weighted by Crippen LogP contribution is -2.58. The van der Waals surface area contributed by atoms with Gasteiger partial charge < -0.3 is 15.0 Å². The standard InChI is InChI=1S/C22H33N3O3/c1-14(2)20-10-9-19(15(3)24-20)21(26)23-13-17-11-12-25(17)22(27)16(4)28-18-7-5-6-8-18/h9-10,14,16-18H,5-8,11-13H2,1-4H3,(H,23,26). The Morgan fingerprint density at radius 2 is 1.93 bits per heavy atom. The van der Waals surface area contributed by atoms with E-state index in [0.717, 1.165) is 37.2 Å². The minimum atomic E-state index is -0.406. The third kappa shape index (κ3) is 4.72. The molecule has 1 aliphatic carbocycles. The van der Waals surface area contributed by atoms with Crippen LogP contribution in [0.3, 0.4) is 0 Å². The molecule has 1 aromatic heterocycles. The predicted octanol–water partition coefficient (Wildman–Crippen LogP) is 3.19. The third-order valence-corrected chi connectivity index (χ3v) is 5.92. The topological polar surface area (TPSA) is 71.5 Å². The van der Waals surface area contributed by atoms with Gasteiger partial charge in [-0.3, -0.25) is 14.6 Å². The molecule has 0 bridgehead atoms. The Bertz CT molecular complexity index is 713. The summed E-state index contributed by atoms with van der Waals surface area (Å²) in [6, 6.07) is 3.80. The normalized spacial score (nSPS) is 20.9. The highest BCUT2D eigenvalue weighted by molar-refractivity contribution is 5.95. The monoisotopic (exact) mass is 387 g/mol. The smallest absolute Gasteiger partial charge is 0.253 e. The van der Waals surface area contributed by atoms with Crippen molar-refractivity contribution in [2.24, 2.45) is 0 Å². The maximum atomic E-state index is 12.7. The van der Waals surface area contributed by atoms with Crippen molar-refractivity contribution in [2.45, 2.75) is 84.0 Å². The fourth-order valence-corrected chi connectivity index (χ4v) is 4.00. The molecule has 2 unspecified atom stereocenters. The number of ether oxygens (including phenoxy) is 1. The molecule has 0 aromatic carbocycles. The summed E-state index contributed by atoms with van der Waals surface area (Å²) in [5.41, 5.74) is 2.32. The van der Waals surface area contributed by atoms with E-state index >= 15 is 0 Å². The number of likely N-dealkylation sites (tertiary alicyclic amines) is 1. The summed E-state index contributed by atoms with van der Waals surface area (Å²) in [5.74, 6) is 0.241. The number of carbonyl (C=O) groups is 2. The van der Waals surface area contributed by atoms with E-state index in [1.807, 2.05) is 30.9 Å². The molecule has 1 saturated carbocycles. The Morgan fingerprint density at radius 3 is 2.50 bits per heavy atom. The van der Waals surface area contributed by atoms with Gasteiger partial charge >= 0.3 is 0 Å². The Hall–Kier alpha value is -1.95. The van der Waals surface area contributed by atoms with Crippen LogP contribution in [0.5, 0.6) is 0 Å². The van der Waals surface area contributed by atoms with Gasteiger partial charge in [0.05, 0.1) is 23.4 Å². The van der Waals surface area contributed by atoms with E-state index in [4.69, 9.17) is 4.74 Å². The summed E-state index contributed by atoms with van der Waals surface area (Å²) in [7, 11) is 0. The number of carbonyl (C=O) groups excluding carboxylic acids is 2. The van der Waals surface area contributed by atoms with Crippen LogP contribution in [-0.2, 0) is 9.53 Å². The third-order valence-electron chi connectivity index (χ3n) is 5.92. The Labute approximate surface area is 168 Å². The number of hydrogen-bond donors (Lipinski definition) is 1. The maximum Gasteiger partial charge on any atom is 0.253 e. The van der Waals surface area contributed by atoms with Crippen molar-refractivity contribution < 1.29 is 14.3 Å². The molecule has 1 saturated heterocycles. The van der Waals surface area contributed by atoms with Gasteiger partial charge in [0.25, 0.3) is 11.8 Å². The summed E-state index contributed by atoms with van der Waals surface area (Å²) in [4.78, 5) is 31.6. The van der Waals surface area contributed by atoms with Gasteiger partial charge in [0.2, 0.25) is 0 Å². The van der Waals surface area contributed by atoms with Crippen LogP contribution in [-0.4, -0.2) is 53.0 Å². The number of aryl methyl sites for hydroxylation is 1. The number of aromatic nitrogens is 1. The minimum Gasteiger partial charge on any atom is -0.365 e. The van der Waals surface area contributed by atoms with Crippen molar-refractivity contribution in [3.05, 3.63) is 29.1 Å². The Morgan fingerprint density at radius 1 is 1.21 bits per heavy atom. The molecule has 6 nitrogen and oxygen atoms in total. The first-order valence-corrected chi connectivity index (χ1v) is 10.6. The molecule has 2 fully saturated rings. The van der Waals surface area contributed by atoms with E-state index in [-0.39, 0.29) is 24.0 Å².